The number of rotatable bonds is 2. The Hall–Kier alpha value is -3.07. The molecule has 2 amide bonds. The van der Waals surface area contributed by atoms with E-state index in [0.717, 1.165) is 17.8 Å². The summed E-state index contributed by atoms with van der Waals surface area (Å²) in [4.78, 5) is 15.2. The molecule has 0 saturated carbocycles. The van der Waals surface area contributed by atoms with E-state index in [0.29, 0.717) is 0 Å². The number of para-hydroxylation sites is 2. The Bertz CT molecular complexity index is 982. The third-order valence-electron chi connectivity index (χ3n) is 5.77. The number of anilines is 2. The standard InChI is InChI=1S/C25H26N2O/c1-24(2)18-25(3,19-12-6-4-7-13-19)21-16-10-11-17-22(21)27(24)23(28)26-20-14-8-5-9-15-20/h4-17H,18H2,1-3H3,(H,26,28)/t25-/m1/s1. The van der Waals surface area contributed by atoms with Crippen LogP contribution < -0.4 is 10.2 Å². The first-order chi connectivity index (χ1) is 13.4. The van der Waals surface area contributed by atoms with E-state index in [1.54, 1.807) is 0 Å². The van der Waals surface area contributed by atoms with Crippen LogP contribution in [-0.4, -0.2) is 11.6 Å². The number of carbonyl (C=O) groups excluding carboxylic acids is 1. The molecule has 1 aliphatic rings. The smallest absolute Gasteiger partial charge is 0.308 e. The summed E-state index contributed by atoms with van der Waals surface area (Å²) in [5, 5.41) is 3.06. The summed E-state index contributed by atoms with van der Waals surface area (Å²) in [5.74, 6) is 0. The van der Waals surface area contributed by atoms with Crippen LogP contribution in [0, 0.1) is 0 Å². The molecule has 0 aromatic heterocycles. The first-order valence-corrected chi connectivity index (χ1v) is 9.73. The molecule has 3 aromatic rings. The number of urea groups is 1. The van der Waals surface area contributed by atoms with Crippen LogP contribution in [-0.2, 0) is 5.41 Å². The number of amides is 2. The highest BCUT2D eigenvalue weighted by Gasteiger charge is 2.47. The van der Waals surface area contributed by atoms with E-state index in [2.05, 4.69) is 68.6 Å². The molecule has 0 spiro atoms. The predicted molar refractivity (Wildman–Crippen MR) is 116 cm³/mol. The van der Waals surface area contributed by atoms with Crippen LogP contribution >= 0.6 is 0 Å². The zero-order chi connectivity index (χ0) is 19.8. The molecule has 1 heterocycles. The van der Waals surface area contributed by atoms with E-state index < -0.39 is 0 Å². The van der Waals surface area contributed by atoms with Crippen molar-refractivity contribution in [1.82, 2.24) is 0 Å². The van der Waals surface area contributed by atoms with Crippen LogP contribution in [0.4, 0.5) is 16.2 Å². The van der Waals surface area contributed by atoms with Crippen molar-refractivity contribution < 1.29 is 4.79 Å². The topological polar surface area (TPSA) is 32.3 Å². The van der Waals surface area contributed by atoms with Gasteiger partial charge in [0.1, 0.15) is 0 Å². The highest BCUT2D eigenvalue weighted by Crippen LogP contribution is 2.50. The number of nitrogens with one attached hydrogen (secondary N) is 1. The van der Waals surface area contributed by atoms with Gasteiger partial charge in [-0.2, -0.15) is 0 Å². The highest BCUT2D eigenvalue weighted by atomic mass is 16.2. The normalized spacial score (nSPS) is 20.3. The lowest BCUT2D eigenvalue weighted by atomic mass is 9.65. The molecular formula is C25H26N2O. The second-order valence-corrected chi connectivity index (χ2v) is 8.34. The first-order valence-electron chi connectivity index (χ1n) is 9.73. The summed E-state index contributed by atoms with van der Waals surface area (Å²) in [6.07, 6.45) is 0.837. The van der Waals surface area contributed by atoms with Gasteiger partial charge in [0.2, 0.25) is 0 Å². The fourth-order valence-electron chi connectivity index (χ4n) is 4.65. The van der Waals surface area contributed by atoms with Crippen molar-refractivity contribution in [2.45, 2.75) is 38.1 Å². The molecule has 1 aliphatic heterocycles. The van der Waals surface area contributed by atoms with E-state index in [1.165, 1.54) is 11.1 Å². The van der Waals surface area contributed by atoms with Gasteiger partial charge in [-0.05, 0) is 49.6 Å². The van der Waals surface area contributed by atoms with Gasteiger partial charge in [0.05, 0.1) is 5.69 Å². The maximum atomic E-state index is 13.3. The number of benzene rings is 3. The minimum atomic E-state index is -0.349. The Labute approximate surface area is 167 Å². The van der Waals surface area contributed by atoms with Crippen molar-refractivity contribution in [1.29, 1.82) is 0 Å². The number of hydrogen-bond acceptors (Lipinski definition) is 1. The van der Waals surface area contributed by atoms with Crippen LogP contribution in [0.15, 0.2) is 84.9 Å². The van der Waals surface area contributed by atoms with Crippen molar-refractivity contribution in [3.8, 4) is 0 Å². The van der Waals surface area contributed by atoms with Gasteiger partial charge < -0.3 is 5.32 Å². The zero-order valence-corrected chi connectivity index (χ0v) is 16.6. The highest BCUT2D eigenvalue weighted by molar-refractivity contribution is 6.04. The van der Waals surface area contributed by atoms with E-state index in [1.807, 2.05) is 47.4 Å². The molecule has 0 unspecified atom stereocenters. The van der Waals surface area contributed by atoms with E-state index in [9.17, 15) is 4.79 Å². The molecule has 0 bridgehead atoms. The predicted octanol–water partition coefficient (Wildman–Crippen LogP) is 6.21. The van der Waals surface area contributed by atoms with Gasteiger partial charge in [0.15, 0.2) is 0 Å². The third-order valence-corrected chi connectivity index (χ3v) is 5.77. The molecule has 0 saturated heterocycles. The molecule has 0 aliphatic carbocycles. The SMILES string of the molecule is CC1(C)C[C@](C)(c2ccccc2)c2ccccc2N1C(=O)Nc1ccccc1. The third kappa shape index (κ3) is 3.07. The molecule has 28 heavy (non-hydrogen) atoms. The summed E-state index contributed by atoms with van der Waals surface area (Å²) >= 11 is 0. The second-order valence-electron chi connectivity index (χ2n) is 8.34. The molecule has 0 radical (unpaired) electrons. The van der Waals surface area contributed by atoms with Gasteiger partial charge in [-0.1, -0.05) is 73.7 Å². The van der Waals surface area contributed by atoms with Crippen molar-refractivity contribution in [3.05, 3.63) is 96.1 Å². The van der Waals surface area contributed by atoms with E-state index in [-0.39, 0.29) is 17.0 Å². The largest absolute Gasteiger partial charge is 0.326 e. The van der Waals surface area contributed by atoms with E-state index in [4.69, 9.17) is 0 Å². The van der Waals surface area contributed by atoms with E-state index >= 15 is 0 Å². The fourth-order valence-corrected chi connectivity index (χ4v) is 4.65. The Morgan fingerprint density at radius 1 is 0.821 bits per heavy atom. The Balaban J connectivity index is 1.80. The maximum absolute atomic E-state index is 13.3. The molecule has 0 fully saturated rings. The van der Waals surface area contributed by atoms with Crippen molar-refractivity contribution in [2.24, 2.45) is 0 Å². The van der Waals surface area contributed by atoms with Gasteiger partial charge in [-0.3, -0.25) is 4.90 Å². The molecule has 3 heteroatoms. The molecule has 142 valence electrons. The van der Waals surface area contributed by atoms with Crippen molar-refractivity contribution in [2.75, 3.05) is 10.2 Å². The van der Waals surface area contributed by atoms with Crippen LogP contribution in [0.25, 0.3) is 0 Å². The van der Waals surface area contributed by atoms with Gasteiger partial charge in [0.25, 0.3) is 0 Å². The minimum absolute atomic E-state index is 0.0984. The van der Waals surface area contributed by atoms with Crippen molar-refractivity contribution in [3.63, 3.8) is 0 Å². The minimum Gasteiger partial charge on any atom is -0.308 e. The van der Waals surface area contributed by atoms with Gasteiger partial charge >= 0.3 is 6.03 Å². The Morgan fingerprint density at radius 3 is 2.07 bits per heavy atom. The molecule has 1 N–H and O–H groups in total. The maximum Gasteiger partial charge on any atom is 0.326 e. The van der Waals surface area contributed by atoms with Crippen LogP contribution in [0.3, 0.4) is 0 Å². The number of fused-ring (bicyclic) bond motifs is 1. The van der Waals surface area contributed by atoms with Gasteiger partial charge in [-0.15, -0.1) is 0 Å². The summed E-state index contributed by atoms with van der Waals surface area (Å²) < 4.78 is 0. The quantitative estimate of drug-likeness (QED) is 0.571. The number of carbonyl (C=O) groups is 1. The zero-order valence-electron chi connectivity index (χ0n) is 16.6. The fraction of sp³-hybridized carbons (Fsp3) is 0.240. The summed E-state index contributed by atoms with van der Waals surface area (Å²) in [7, 11) is 0. The summed E-state index contributed by atoms with van der Waals surface area (Å²) in [6, 6.07) is 28.4. The Kier molecular flexibility index (Phi) is 4.46. The summed E-state index contributed by atoms with van der Waals surface area (Å²) in [5.41, 5.74) is 3.72. The monoisotopic (exact) mass is 370 g/mol. The van der Waals surface area contributed by atoms with Crippen LogP contribution in [0.2, 0.25) is 0 Å². The average Bonchev–Trinajstić information content (AvgIpc) is 2.69. The lowest BCUT2D eigenvalue weighted by molar-refractivity contribution is 0.243. The molecule has 1 atom stereocenters. The Morgan fingerprint density at radius 2 is 1.39 bits per heavy atom. The molecule has 4 rings (SSSR count). The lowest BCUT2D eigenvalue weighted by Gasteiger charge is -2.51. The van der Waals surface area contributed by atoms with Gasteiger partial charge in [-0.25, -0.2) is 4.79 Å². The van der Waals surface area contributed by atoms with Crippen LogP contribution in [0.5, 0.6) is 0 Å². The second kappa shape index (κ2) is 6.83. The average molecular weight is 370 g/mol. The van der Waals surface area contributed by atoms with Gasteiger partial charge in [0, 0.05) is 16.6 Å². The number of hydrogen-bond donors (Lipinski definition) is 1. The molecule has 3 nitrogen and oxygen atoms in total. The number of nitrogens with zero attached hydrogens (tertiary/aromatic N) is 1. The molecule has 3 aromatic carbocycles. The first kappa shape index (κ1) is 18.3. The lowest BCUT2D eigenvalue weighted by Crippen LogP contribution is -2.57. The summed E-state index contributed by atoms with van der Waals surface area (Å²) in [6.45, 7) is 6.58. The van der Waals surface area contributed by atoms with Crippen molar-refractivity contribution >= 4 is 17.4 Å². The molecular weight excluding hydrogens is 344 g/mol. The van der Waals surface area contributed by atoms with Crippen LogP contribution in [0.1, 0.15) is 38.3 Å².